The second-order valence-corrected chi connectivity index (χ2v) is 5.19. The maximum Gasteiger partial charge on any atom is 0.347 e. The van der Waals surface area contributed by atoms with Crippen molar-refractivity contribution in [3.05, 3.63) is 34.1 Å². The first-order chi connectivity index (χ1) is 11.0. The Morgan fingerprint density at radius 3 is 2.39 bits per heavy atom. The average molecular weight is 334 g/mol. The van der Waals surface area contributed by atoms with Crippen LogP contribution in [0, 0.1) is 11.7 Å². The molecule has 2 aromatic rings. The number of imidazole rings is 1. The second-order valence-electron chi connectivity index (χ2n) is 4.80. The highest BCUT2D eigenvalue weighted by Crippen LogP contribution is 2.18. The molecule has 0 fully saturated rings. The standard InChI is InChI=1S/C16H18N2O4S/c1-4-21-14(19)11(15(20)22-5-2)9-18-13-8-10(3)6-7-12(13)17-16(18)23/h6-9H,4-5H2,1-3H3,(H,17,23). The Hall–Kier alpha value is -2.41. The minimum Gasteiger partial charge on any atom is -0.462 e. The zero-order valence-electron chi connectivity index (χ0n) is 13.2. The third kappa shape index (κ3) is 3.68. The van der Waals surface area contributed by atoms with E-state index in [1.165, 1.54) is 6.20 Å². The van der Waals surface area contributed by atoms with E-state index in [2.05, 4.69) is 4.98 Å². The normalized spacial score (nSPS) is 10.4. The summed E-state index contributed by atoms with van der Waals surface area (Å²) in [6, 6.07) is 5.74. The van der Waals surface area contributed by atoms with Gasteiger partial charge >= 0.3 is 11.9 Å². The van der Waals surface area contributed by atoms with Gasteiger partial charge in [-0.3, -0.25) is 4.57 Å². The number of aryl methyl sites for hydroxylation is 1. The van der Waals surface area contributed by atoms with Gasteiger partial charge in [0.05, 0.1) is 24.2 Å². The molecule has 0 amide bonds. The molecular formula is C16H18N2O4S. The largest absolute Gasteiger partial charge is 0.462 e. The zero-order chi connectivity index (χ0) is 17.0. The van der Waals surface area contributed by atoms with Crippen molar-refractivity contribution in [2.45, 2.75) is 20.8 Å². The van der Waals surface area contributed by atoms with Crippen LogP contribution < -0.4 is 0 Å². The fourth-order valence-electron chi connectivity index (χ4n) is 2.10. The minimum absolute atomic E-state index is 0.161. The van der Waals surface area contributed by atoms with Crippen molar-refractivity contribution in [2.24, 2.45) is 0 Å². The van der Waals surface area contributed by atoms with E-state index in [0.717, 1.165) is 16.6 Å². The lowest BCUT2D eigenvalue weighted by molar-refractivity contribution is -0.146. The van der Waals surface area contributed by atoms with Gasteiger partial charge in [0, 0.05) is 6.20 Å². The molecule has 0 aliphatic rings. The Bertz CT molecular complexity index is 812. The number of nitrogens with one attached hydrogen (secondary N) is 1. The first kappa shape index (κ1) is 17.0. The number of carbonyl (C=O) groups is 2. The van der Waals surface area contributed by atoms with Crippen molar-refractivity contribution in [1.29, 1.82) is 0 Å². The number of hydrogen-bond donors (Lipinski definition) is 1. The van der Waals surface area contributed by atoms with Crippen molar-refractivity contribution in [1.82, 2.24) is 9.55 Å². The number of hydrogen-bond acceptors (Lipinski definition) is 5. The molecule has 7 heteroatoms. The highest BCUT2D eigenvalue weighted by atomic mass is 32.1. The van der Waals surface area contributed by atoms with Crippen LogP contribution in [0.2, 0.25) is 0 Å². The Morgan fingerprint density at radius 1 is 1.22 bits per heavy atom. The van der Waals surface area contributed by atoms with Gasteiger partial charge in [0.15, 0.2) is 10.3 Å². The number of aromatic nitrogens is 2. The molecule has 0 unspecified atom stereocenters. The van der Waals surface area contributed by atoms with Gasteiger partial charge in [-0.1, -0.05) is 6.07 Å². The van der Waals surface area contributed by atoms with E-state index in [0.29, 0.717) is 4.77 Å². The number of benzene rings is 1. The molecule has 0 bridgehead atoms. The van der Waals surface area contributed by atoms with Crippen molar-refractivity contribution < 1.29 is 19.1 Å². The molecule has 0 aliphatic carbocycles. The van der Waals surface area contributed by atoms with E-state index >= 15 is 0 Å². The van der Waals surface area contributed by atoms with Gasteiger partial charge < -0.3 is 14.5 Å². The fourth-order valence-corrected chi connectivity index (χ4v) is 2.36. The van der Waals surface area contributed by atoms with Crippen molar-refractivity contribution in [3.63, 3.8) is 0 Å². The Kier molecular flexibility index (Phi) is 5.33. The Labute approximate surface area is 138 Å². The minimum atomic E-state index is -0.741. The highest BCUT2D eigenvalue weighted by Gasteiger charge is 2.22. The number of ether oxygens (including phenoxy) is 2. The van der Waals surface area contributed by atoms with E-state index < -0.39 is 11.9 Å². The molecule has 6 nitrogen and oxygen atoms in total. The molecule has 122 valence electrons. The third-order valence-electron chi connectivity index (χ3n) is 3.12. The number of nitrogens with zero attached hydrogens (tertiary/aromatic N) is 1. The molecule has 0 atom stereocenters. The van der Waals surface area contributed by atoms with Crippen molar-refractivity contribution in [2.75, 3.05) is 13.2 Å². The van der Waals surface area contributed by atoms with Crippen LogP contribution in [0.1, 0.15) is 19.4 Å². The lowest BCUT2D eigenvalue weighted by atomic mass is 10.2. The summed E-state index contributed by atoms with van der Waals surface area (Å²) in [7, 11) is 0. The van der Waals surface area contributed by atoms with E-state index in [4.69, 9.17) is 21.7 Å². The molecule has 0 saturated heterocycles. The smallest absolute Gasteiger partial charge is 0.347 e. The second kappa shape index (κ2) is 7.23. The molecule has 1 aromatic heterocycles. The lowest BCUT2D eigenvalue weighted by Gasteiger charge is -2.07. The van der Waals surface area contributed by atoms with Crippen LogP contribution in [0.4, 0.5) is 0 Å². The molecule has 1 aromatic carbocycles. The summed E-state index contributed by atoms with van der Waals surface area (Å²) < 4.78 is 11.8. The Balaban J connectivity index is 2.60. The fraction of sp³-hybridized carbons (Fsp3) is 0.312. The van der Waals surface area contributed by atoms with Crippen LogP contribution in [-0.2, 0) is 19.1 Å². The predicted molar refractivity (Wildman–Crippen MR) is 89.4 cm³/mol. The average Bonchev–Trinajstić information content (AvgIpc) is 2.80. The van der Waals surface area contributed by atoms with Gasteiger partial charge in [0.25, 0.3) is 0 Å². The summed E-state index contributed by atoms with van der Waals surface area (Å²) in [4.78, 5) is 27.1. The van der Waals surface area contributed by atoms with E-state index in [9.17, 15) is 9.59 Å². The molecule has 0 saturated carbocycles. The van der Waals surface area contributed by atoms with Gasteiger partial charge in [0.2, 0.25) is 0 Å². The molecule has 1 N–H and O–H groups in total. The van der Waals surface area contributed by atoms with Crippen molar-refractivity contribution in [3.8, 4) is 0 Å². The summed E-state index contributed by atoms with van der Waals surface area (Å²) in [6.45, 7) is 5.60. The summed E-state index contributed by atoms with van der Waals surface area (Å²) in [5.74, 6) is -1.48. The summed E-state index contributed by atoms with van der Waals surface area (Å²) >= 11 is 5.28. The quantitative estimate of drug-likeness (QED) is 0.299. The van der Waals surface area contributed by atoms with Gasteiger partial charge in [-0.15, -0.1) is 0 Å². The summed E-state index contributed by atoms with van der Waals surface area (Å²) in [6.07, 6.45) is 1.36. The zero-order valence-corrected chi connectivity index (χ0v) is 14.0. The van der Waals surface area contributed by atoms with Crippen LogP contribution in [-0.4, -0.2) is 34.7 Å². The van der Waals surface area contributed by atoms with Gasteiger partial charge in [0.1, 0.15) is 0 Å². The molecular weight excluding hydrogens is 316 g/mol. The topological polar surface area (TPSA) is 73.3 Å². The highest BCUT2D eigenvalue weighted by molar-refractivity contribution is 7.71. The first-order valence-electron chi connectivity index (χ1n) is 7.24. The van der Waals surface area contributed by atoms with Crippen LogP contribution in [0.15, 0.2) is 23.8 Å². The molecule has 23 heavy (non-hydrogen) atoms. The number of carbonyl (C=O) groups excluding carboxylic acids is 2. The van der Waals surface area contributed by atoms with Crippen LogP contribution >= 0.6 is 12.2 Å². The monoisotopic (exact) mass is 334 g/mol. The van der Waals surface area contributed by atoms with Crippen LogP contribution in [0.25, 0.3) is 17.2 Å². The van der Waals surface area contributed by atoms with Gasteiger partial charge in [-0.25, -0.2) is 9.59 Å². The Morgan fingerprint density at radius 2 is 1.83 bits per heavy atom. The molecule has 0 spiro atoms. The van der Waals surface area contributed by atoms with E-state index in [1.807, 2.05) is 25.1 Å². The molecule has 0 radical (unpaired) electrons. The van der Waals surface area contributed by atoms with E-state index in [-0.39, 0.29) is 18.8 Å². The maximum atomic E-state index is 12.1. The predicted octanol–water partition coefficient (Wildman–Crippen LogP) is 2.97. The lowest BCUT2D eigenvalue weighted by Crippen LogP contribution is -2.19. The SMILES string of the molecule is CCOC(=O)C(=Cn1c(=S)[nH]c2ccc(C)cc21)C(=O)OCC. The van der Waals surface area contributed by atoms with Crippen molar-refractivity contribution >= 4 is 41.4 Å². The van der Waals surface area contributed by atoms with E-state index in [1.54, 1.807) is 18.4 Å². The number of H-pyrrole nitrogens is 1. The summed E-state index contributed by atoms with van der Waals surface area (Å²) in [5, 5.41) is 0. The van der Waals surface area contributed by atoms with Crippen LogP contribution in [0.5, 0.6) is 0 Å². The maximum absolute atomic E-state index is 12.1. The number of aromatic amines is 1. The molecule has 2 rings (SSSR count). The van der Waals surface area contributed by atoms with Crippen LogP contribution in [0.3, 0.4) is 0 Å². The van der Waals surface area contributed by atoms with Gasteiger partial charge in [-0.2, -0.15) is 0 Å². The number of esters is 2. The number of rotatable bonds is 5. The first-order valence-corrected chi connectivity index (χ1v) is 7.65. The summed E-state index contributed by atoms with van der Waals surface area (Å²) in [5.41, 5.74) is 2.40. The molecule has 0 aliphatic heterocycles. The van der Waals surface area contributed by atoms with Gasteiger partial charge in [-0.05, 0) is 50.7 Å². The molecule has 1 heterocycles. The third-order valence-corrected chi connectivity index (χ3v) is 3.42. The number of fused-ring (bicyclic) bond motifs is 1.